The third kappa shape index (κ3) is 19.4. The fourth-order valence-corrected chi connectivity index (χ4v) is 14.0. The van der Waals surface area contributed by atoms with Crippen LogP contribution in [-0.4, -0.2) is 299 Å². The predicted octanol–water partition coefficient (Wildman–Crippen LogP) is -2.55. The number of hydrogen-bond donors (Lipinski definition) is 19. The highest BCUT2D eigenvalue weighted by Gasteiger charge is 2.61. The van der Waals surface area contributed by atoms with Gasteiger partial charge in [-0.05, 0) is 59.5 Å². The molecule has 1 saturated carbocycles. The minimum atomic E-state index is -2.38. The van der Waals surface area contributed by atoms with Gasteiger partial charge in [-0.1, -0.05) is 65.1 Å². The summed E-state index contributed by atoms with van der Waals surface area (Å²) in [6.07, 6.45) is -9.82. The van der Waals surface area contributed by atoms with E-state index in [1.54, 1.807) is 51.1 Å². The number of nitrogens with zero attached hydrogens (tertiary/aromatic N) is 6. The number of ether oxygens (including phenoxy) is 8. The Morgan fingerprint density at radius 2 is 1.46 bits per heavy atom. The molecule has 0 spiro atoms. The summed E-state index contributed by atoms with van der Waals surface area (Å²) in [7, 11) is 4.84. The number of anilines is 1. The van der Waals surface area contributed by atoms with Gasteiger partial charge >= 0.3 is 11.8 Å². The SMILES string of the molecule is CCc1cc(C(N)=S)ccn1.CN[C@@H]1[C@H](O[C@H]2[C@H](O[C@H]3[C@H](O)[C@@H](O)[C@H](N=C(N)N)[C@@H](O)[C@@H]3N=C(N)N)O[C@@H](C)[C@]2(O)C=O)O[C@@H](CO)[C@H](O)[C@H]1O.CO[C@H]1/C=C/O[C@@]2(C)Oc3c(C)c(O)c4c(O)c(c(/C=N/N5CCN(C)CC5)c(O)c4c3C2=O)NC(=O)/C(C)=C\C=C\[C@@H](C)[C@@H](O)[C@@H](C)[C@H](O)[C@H](C)[C@H](OC(C)=O)[C@@H]1C. The van der Waals surface area contributed by atoms with Crippen LogP contribution in [0.3, 0.4) is 0 Å². The molecule has 6 aliphatic heterocycles. The van der Waals surface area contributed by atoms with Crippen molar-refractivity contribution in [2.24, 2.45) is 67.4 Å². The van der Waals surface area contributed by atoms with Crippen LogP contribution in [0.25, 0.3) is 10.8 Å². The summed E-state index contributed by atoms with van der Waals surface area (Å²) in [5.74, 6) is -9.38. The van der Waals surface area contributed by atoms with E-state index in [2.05, 4.69) is 35.6 Å². The van der Waals surface area contributed by atoms with Crippen molar-refractivity contribution in [1.29, 1.82) is 0 Å². The average molecular weight is 1570 g/mol. The van der Waals surface area contributed by atoms with Gasteiger partial charge in [0.05, 0.1) is 71.7 Å². The number of Topliss-reactive ketones (excluding diaryl/α,β-unsaturated/α-hetero) is 1. The maximum absolute atomic E-state index is 14.4. The van der Waals surface area contributed by atoms with Crippen LogP contribution in [0.2, 0.25) is 0 Å². The molecule has 3 aromatic rings. The first-order valence-electron chi connectivity index (χ1n) is 35.7. The van der Waals surface area contributed by atoms with E-state index in [4.69, 9.17) is 78.8 Å². The van der Waals surface area contributed by atoms with Gasteiger partial charge in [0.1, 0.15) is 89.3 Å². The number of aliphatic imine (C=N–C) groups is 2. The minimum Gasteiger partial charge on any atom is -0.507 e. The highest BCUT2D eigenvalue weighted by molar-refractivity contribution is 7.80. The summed E-state index contributed by atoms with van der Waals surface area (Å²) in [4.78, 5) is 66.9. The number of aromatic nitrogens is 1. The number of nitrogens with two attached hydrogens (primary N) is 5. The quantitative estimate of drug-likeness (QED) is 0.0142. The molecule has 7 aliphatic rings. The number of allylic oxidation sites excluding steroid dienone is 2. The Balaban J connectivity index is 0.000000282. The highest BCUT2D eigenvalue weighted by atomic mass is 32.1. The number of aryl methyl sites for hydroxylation is 1. The number of piperazine rings is 1. The van der Waals surface area contributed by atoms with Crippen molar-refractivity contribution in [3.63, 3.8) is 0 Å². The molecular formula is C72H107N13O24S. The topological polar surface area (TPSA) is 595 Å². The molecule has 0 radical (unpaired) electrons. The van der Waals surface area contributed by atoms with E-state index in [-0.39, 0.29) is 50.8 Å². The molecule has 38 heteroatoms. The van der Waals surface area contributed by atoms with E-state index >= 15 is 0 Å². The monoisotopic (exact) mass is 1570 g/mol. The number of guanidine groups is 2. The maximum Gasteiger partial charge on any atom is 0.312 e. The normalized spacial score (nSPS) is 35.4. The molecule has 24 N–H and O–H groups in total. The Bertz CT molecular complexity index is 3950. The van der Waals surface area contributed by atoms with Crippen LogP contribution in [0.15, 0.2) is 69.6 Å². The number of phenolic OH excluding ortho intramolecular Hbond substituents is 3. The number of ketones is 1. The number of esters is 1. The van der Waals surface area contributed by atoms with Crippen molar-refractivity contribution in [1.82, 2.24) is 20.2 Å². The standard InChI is InChI=1S/C43H58N4O12.C21H39N7O12.C8H10N2S/c1-21-12-11-13-22(2)42(55)45-33-28(20-44-47-17-15-46(9)16-18-47)37(52)30-31(38(33)53)36(51)26(6)40-32(30)41(54)43(8,59-40)57-19-14-29(56-10)23(3)39(58-27(7)48)25(5)35(50)24(4)34(21)49;1-5-21(36,4-30)16(40-17-9(26-2)13(34)10(31)6(3-29)38-17)18(37-5)39-15-8(28-20(24)25)11(32)7(27-19(22)23)12(33)14(15)35;1-2-7-5-6(8(9)11)3-4-10-7/h11-14,19-21,23-25,29,34-35,39,49-53H,15-18H2,1-10H3,(H,45,55);4-18,26,29,31-36H,3H2,1-2H3,(H4,22,23,27)(H4,24,25,28);3-5H,2H2,1H3,(H2,9,11)/b12-11+,19-14+,22-13-,44-20+;;/t21-,23-,24-,25+,29+,34-,35+,39-,43+;5-,6-,7+,8-,9-,10-,11+,12-,13-,14+,15+,16-,17-,18-,21+;/m10./s1. The van der Waals surface area contributed by atoms with Gasteiger partial charge in [-0.2, -0.15) is 5.10 Å². The van der Waals surface area contributed by atoms with Crippen LogP contribution in [0.4, 0.5) is 5.69 Å². The number of phenols is 3. The van der Waals surface area contributed by atoms with Crippen molar-refractivity contribution in [2.75, 3.05) is 59.3 Å². The number of benzene rings is 2. The van der Waals surface area contributed by atoms with E-state index in [9.17, 15) is 80.5 Å². The van der Waals surface area contributed by atoms with Crippen LogP contribution < -0.4 is 44.0 Å². The molecule has 2 aromatic carbocycles. The van der Waals surface area contributed by atoms with Gasteiger partial charge in [0.2, 0.25) is 0 Å². The molecule has 7 heterocycles. The zero-order valence-corrected chi connectivity index (χ0v) is 64.3. The maximum atomic E-state index is 14.4. The minimum absolute atomic E-state index is 0.0559. The lowest BCUT2D eigenvalue weighted by atomic mass is 9.78. The summed E-state index contributed by atoms with van der Waals surface area (Å²) in [6, 6.07) is -0.341. The Hall–Kier alpha value is -8.39. The van der Waals surface area contributed by atoms with Gasteiger partial charge in [-0.25, -0.2) is 9.98 Å². The number of aliphatic hydroxyl groups is 9. The largest absolute Gasteiger partial charge is 0.507 e. The fraction of sp³-hybridized carbons (Fsp3) is 0.597. The molecule has 24 atom stereocenters. The lowest BCUT2D eigenvalue weighted by Crippen LogP contribution is -2.66. The molecule has 0 unspecified atom stereocenters. The molecule has 1 aliphatic carbocycles. The van der Waals surface area contributed by atoms with E-state index in [0.717, 1.165) is 30.8 Å². The number of nitrogens with one attached hydrogen (secondary N) is 2. The van der Waals surface area contributed by atoms with E-state index in [1.807, 2.05) is 26.1 Å². The summed E-state index contributed by atoms with van der Waals surface area (Å²) < 4.78 is 46.5. The third-order valence-electron chi connectivity index (χ3n) is 20.7. The zero-order chi connectivity index (χ0) is 82.0. The zero-order valence-electron chi connectivity index (χ0n) is 63.5. The average Bonchev–Trinajstić information content (AvgIpc) is 1.50. The number of fused-ring (bicyclic) bond motifs is 14. The van der Waals surface area contributed by atoms with Crippen LogP contribution >= 0.6 is 12.2 Å². The van der Waals surface area contributed by atoms with Crippen molar-refractivity contribution in [2.45, 2.75) is 197 Å². The Morgan fingerprint density at radius 3 is 2.05 bits per heavy atom. The Kier molecular flexibility index (Phi) is 30.5. The third-order valence-corrected chi connectivity index (χ3v) is 20.9. The van der Waals surface area contributed by atoms with Crippen molar-refractivity contribution >= 4 is 75.7 Å². The number of carbonyl (C=O) groups is 4. The van der Waals surface area contributed by atoms with Gasteiger partial charge in [-0.3, -0.25) is 29.2 Å². The van der Waals surface area contributed by atoms with Gasteiger partial charge in [-0.15, -0.1) is 0 Å². The molecule has 610 valence electrons. The number of aldehydes is 1. The molecule has 5 bridgehead atoms. The number of likely N-dealkylation sites (N-methyl/N-ethyl adjacent to an activating group) is 2. The second-order valence-electron chi connectivity index (χ2n) is 28.3. The lowest BCUT2D eigenvalue weighted by molar-refractivity contribution is -0.314. The first-order chi connectivity index (χ1) is 51.7. The number of hydrogen-bond acceptors (Lipinski definition) is 32. The van der Waals surface area contributed by atoms with Gasteiger partial charge in [0, 0.05) is 105 Å². The molecular weight excluding hydrogens is 1460 g/mol. The smallest absolute Gasteiger partial charge is 0.312 e. The fourth-order valence-electron chi connectivity index (χ4n) is 13.8. The van der Waals surface area contributed by atoms with Crippen LogP contribution in [0.1, 0.15) is 95.1 Å². The lowest BCUT2D eigenvalue weighted by Gasteiger charge is -2.45. The number of carbonyl (C=O) groups excluding carboxylic acids is 4. The Morgan fingerprint density at radius 1 is 0.818 bits per heavy atom. The summed E-state index contributed by atoms with van der Waals surface area (Å²) >= 11 is 4.82. The van der Waals surface area contributed by atoms with E-state index in [1.165, 1.54) is 73.4 Å². The van der Waals surface area contributed by atoms with Gasteiger partial charge < -0.3 is 143 Å². The predicted molar refractivity (Wildman–Crippen MR) is 403 cm³/mol. The molecule has 4 fully saturated rings. The van der Waals surface area contributed by atoms with Crippen molar-refractivity contribution in [3.05, 3.63) is 82.4 Å². The van der Waals surface area contributed by atoms with E-state index in [0.29, 0.717) is 18.1 Å². The van der Waals surface area contributed by atoms with Crippen LogP contribution in [0.5, 0.6) is 23.0 Å². The number of methoxy groups -OCH3 is 1. The van der Waals surface area contributed by atoms with E-state index < -0.39 is 199 Å². The molecule has 37 nitrogen and oxygen atoms in total. The van der Waals surface area contributed by atoms with Crippen molar-refractivity contribution in [3.8, 4) is 23.0 Å². The summed E-state index contributed by atoms with van der Waals surface area (Å²) in [5, 5.41) is 143. The van der Waals surface area contributed by atoms with Gasteiger partial charge in [0.25, 0.3) is 11.7 Å². The highest BCUT2D eigenvalue weighted by Crippen LogP contribution is 2.55. The number of amides is 1. The molecule has 1 amide bonds. The second kappa shape index (κ2) is 37.8. The Labute approximate surface area is 641 Å². The van der Waals surface area contributed by atoms with Crippen LogP contribution in [0, 0.1) is 30.6 Å². The molecule has 110 heavy (non-hydrogen) atoms. The van der Waals surface area contributed by atoms with Crippen molar-refractivity contribution < 1.29 is 118 Å². The first-order valence-corrected chi connectivity index (χ1v) is 36.1. The summed E-state index contributed by atoms with van der Waals surface area (Å²) in [6.45, 7) is 17.8. The summed E-state index contributed by atoms with van der Waals surface area (Å²) in [5.41, 5.74) is 26.4. The molecule has 3 saturated heterocycles. The number of pyridine rings is 1. The number of hydrazone groups is 1. The number of aliphatic hydroxyl groups excluding tert-OH is 8. The molecule has 1 aromatic heterocycles. The number of thiocarbonyl (C=S) groups is 1. The molecule has 10 rings (SSSR count). The number of aromatic hydroxyl groups is 3. The first kappa shape index (κ1) is 88.8. The van der Waals surface area contributed by atoms with Crippen LogP contribution in [-0.2, 0) is 54.0 Å². The van der Waals surface area contributed by atoms with Gasteiger partial charge in [0.15, 0.2) is 42.1 Å². The second-order valence-corrected chi connectivity index (χ2v) is 28.7. The number of rotatable bonds is 15.